The molecule has 0 saturated carbocycles. The van der Waals surface area contributed by atoms with Gasteiger partial charge in [0, 0.05) is 12.5 Å². The molecule has 1 N–H and O–H groups in total. The molecule has 0 heterocycles. The normalized spacial score (nSPS) is 17.4. The first-order valence-electron chi connectivity index (χ1n) is 3.39. The van der Waals surface area contributed by atoms with Crippen LogP contribution in [0.5, 0.6) is 0 Å². The Morgan fingerprint density at radius 2 is 2.07 bits per heavy atom. The van der Waals surface area contributed by atoms with Crippen molar-refractivity contribution in [3.63, 3.8) is 0 Å². The molecule has 0 atom stereocenters. The molecular weight excluding hydrogens is 214 g/mol. The maximum Gasteiger partial charge on any atom is 0.313 e. The van der Waals surface area contributed by atoms with E-state index in [0.717, 1.165) is 6.08 Å². The largest absolute Gasteiger partial charge is 0.313 e. The zero-order valence-corrected chi connectivity index (χ0v) is 7.52. The minimum absolute atomic E-state index is 0.401. The molecule has 0 unspecified atom stereocenters. The number of Topliss-reactive ketones (excluding diaryl/α,β-unsaturated/α-hetero) is 1. The van der Waals surface area contributed by atoms with Crippen molar-refractivity contribution in [3.05, 3.63) is 32.9 Å². The highest BCUT2D eigenvalue weighted by molar-refractivity contribution is 7.90. The van der Waals surface area contributed by atoms with E-state index in [-0.39, 0.29) is 0 Å². The standard InChI is InChI=1S/C6H5NO6S/c8-6-2-1-4(14(11,12)13)3-5(6)7(9)10/h1,3H,2H2,(H,11,12,13). The summed E-state index contributed by atoms with van der Waals surface area (Å²) in [6.45, 7) is 0. The number of allylic oxidation sites excluding steroid dienone is 3. The Morgan fingerprint density at radius 1 is 1.50 bits per heavy atom. The number of nitrogens with zero attached hydrogens (tertiary/aromatic N) is 1. The van der Waals surface area contributed by atoms with Crippen LogP contribution < -0.4 is 0 Å². The fourth-order valence-corrected chi connectivity index (χ4v) is 1.46. The van der Waals surface area contributed by atoms with Gasteiger partial charge >= 0.3 is 5.70 Å². The Hall–Kier alpha value is -1.54. The summed E-state index contributed by atoms with van der Waals surface area (Å²) in [5.41, 5.74) is -0.833. The van der Waals surface area contributed by atoms with E-state index in [0.29, 0.717) is 6.08 Å². The minimum atomic E-state index is -4.49. The van der Waals surface area contributed by atoms with Crippen molar-refractivity contribution < 1.29 is 22.7 Å². The van der Waals surface area contributed by atoms with Crippen molar-refractivity contribution in [3.8, 4) is 0 Å². The van der Waals surface area contributed by atoms with Gasteiger partial charge in [0.05, 0.1) is 9.83 Å². The summed E-state index contributed by atoms with van der Waals surface area (Å²) >= 11 is 0. The van der Waals surface area contributed by atoms with Crippen LogP contribution in [-0.4, -0.2) is 23.7 Å². The lowest BCUT2D eigenvalue weighted by Gasteiger charge is -2.03. The van der Waals surface area contributed by atoms with E-state index in [1.807, 2.05) is 0 Å². The maximum atomic E-state index is 10.9. The molecule has 0 aromatic carbocycles. The van der Waals surface area contributed by atoms with Crippen molar-refractivity contribution in [2.24, 2.45) is 0 Å². The second kappa shape index (κ2) is 3.31. The molecule has 0 aliphatic heterocycles. The number of carbonyl (C=O) groups is 1. The van der Waals surface area contributed by atoms with Gasteiger partial charge in [-0.1, -0.05) is 6.08 Å². The lowest BCUT2D eigenvalue weighted by atomic mass is 10.1. The van der Waals surface area contributed by atoms with E-state index >= 15 is 0 Å². The summed E-state index contributed by atoms with van der Waals surface area (Å²) in [5, 5.41) is 10.3. The summed E-state index contributed by atoms with van der Waals surface area (Å²) in [4.78, 5) is 19.5. The number of hydrogen-bond acceptors (Lipinski definition) is 5. The van der Waals surface area contributed by atoms with Gasteiger partial charge in [-0.05, 0) is 0 Å². The Kier molecular flexibility index (Phi) is 2.49. The predicted molar refractivity (Wildman–Crippen MR) is 44.3 cm³/mol. The van der Waals surface area contributed by atoms with Gasteiger partial charge in [0.25, 0.3) is 10.1 Å². The number of hydrogen-bond donors (Lipinski definition) is 1. The second-order valence-electron chi connectivity index (χ2n) is 2.50. The zero-order chi connectivity index (χ0) is 10.9. The Balaban J connectivity index is 3.20. The van der Waals surface area contributed by atoms with E-state index in [9.17, 15) is 23.3 Å². The number of carbonyl (C=O) groups excluding carboxylic acids is 1. The molecule has 1 aliphatic rings. The lowest BCUT2D eigenvalue weighted by Crippen LogP contribution is -2.16. The molecule has 0 bridgehead atoms. The highest BCUT2D eigenvalue weighted by Gasteiger charge is 2.28. The van der Waals surface area contributed by atoms with Gasteiger partial charge < -0.3 is 0 Å². The minimum Gasteiger partial charge on any atom is -0.287 e. The maximum absolute atomic E-state index is 10.9. The topological polar surface area (TPSA) is 115 Å². The van der Waals surface area contributed by atoms with Crippen LogP contribution in [0.4, 0.5) is 0 Å². The summed E-state index contributed by atoms with van der Waals surface area (Å²) in [5.74, 6) is -0.789. The van der Waals surface area contributed by atoms with Gasteiger partial charge in [-0.3, -0.25) is 19.5 Å². The van der Waals surface area contributed by atoms with Crippen LogP contribution in [0.15, 0.2) is 22.8 Å². The van der Waals surface area contributed by atoms with Crippen molar-refractivity contribution in [1.29, 1.82) is 0 Å². The molecule has 0 spiro atoms. The van der Waals surface area contributed by atoms with Gasteiger partial charge in [0.1, 0.15) is 0 Å². The molecule has 76 valence electrons. The summed E-state index contributed by atoms with van der Waals surface area (Å²) in [6, 6.07) is 0. The van der Waals surface area contributed by atoms with Gasteiger partial charge in [-0.25, -0.2) is 0 Å². The third-order valence-electron chi connectivity index (χ3n) is 1.55. The molecule has 1 rings (SSSR count). The average molecular weight is 219 g/mol. The molecular formula is C6H5NO6S. The van der Waals surface area contributed by atoms with Gasteiger partial charge in [0.2, 0.25) is 5.78 Å². The van der Waals surface area contributed by atoms with E-state index in [1.165, 1.54) is 0 Å². The first kappa shape index (κ1) is 10.5. The van der Waals surface area contributed by atoms with Crippen molar-refractivity contribution in [2.45, 2.75) is 6.42 Å². The van der Waals surface area contributed by atoms with Crippen LogP contribution in [0.1, 0.15) is 6.42 Å². The van der Waals surface area contributed by atoms with E-state index in [4.69, 9.17) is 4.55 Å². The molecule has 7 nitrogen and oxygen atoms in total. The monoisotopic (exact) mass is 219 g/mol. The third kappa shape index (κ3) is 2.03. The highest BCUT2D eigenvalue weighted by atomic mass is 32.2. The number of nitro groups is 1. The van der Waals surface area contributed by atoms with E-state index in [1.54, 1.807) is 0 Å². The Bertz CT molecular complexity index is 457. The average Bonchev–Trinajstić information content (AvgIpc) is 2.02. The molecule has 1 aliphatic carbocycles. The van der Waals surface area contributed by atoms with Crippen LogP contribution in [0.3, 0.4) is 0 Å². The van der Waals surface area contributed by atoms with Gasteiger partial charge in [0.15, 0.2) is 0 Å². The summed E-state index contributed by atoms with van der Waals surface area (Å²) in [6.07, 6.45) is 1.06. The quantitative estimate of drug-likeness (QED) is 0.393. The molecule has 0 fully saturated rings. The molecule has 0 amide bonds. The van der Waals surface area contributed by atoms with E-state index in [2.05, 4.69) is 0 Å². The van der Waals surface area contributed by atoms with Gasteiger partial charge in [-0.2, -0.15) is 8.42 Å². The second-order valence-corrected chi connectivity index (χ2v) is 3.92. The number of ketones is 1. The van der Waals surface area contributed by atoms with Crippen LogP contribution in [0.2, 0.25) is 0 Å². The lowest BCUT2D eigenvalue weighted by molar-refractivity contribution is -0.418. The first-order valence-corrected chi connectivity index (χ1v) is 4.83. The first-order chi connectivity index (χ1) is 6.32. The third-order valence-corrected chi connectivity index (χ3v) is 2.43. The molecule has 8 heteroatoms. The molecule has 0 aromatic heterocycles. The predicted octanol–water partition coefficient (Wildman–Crippen LogP) is -0.109. The van der Waals surface area contributed by atoms with Crippen LogP contribution in [0, 0.1) is 10.1 Å². The summed E-state index contributed by atoms with van der Waals surface area (Å²) in [7, 11) is -4.49. The Labute approximate surface area is 78.6 Å². The fourth-order valence-electron chi connectivity index (χ4n) is 0.906. The van der Waals surface area contributed by atoms with Crippen LogP contribution >= 0.6 is 0 Å². The SMILES string of the molecule is O=C1CC=C(S(=O)(=O)O)C=C1[N+](=O)[O-]. The van der Waals surface area contributed by atoms with E-state index < -0.39 is 37.8 Å². The highest BCUT2D eigenvalue weighted by Crippen LogP contribution is 2.18. The van der Waals surface area contributed by atoms with Crippen molar-refractivity contribution >= 4 is 15.9 Å². The Morgan fingerprint density at radius 3 is 2.50 bits per heavy atom. The molecule has 0 radical (unpaired) electrons. The van der Waals surface area contributed by atoms with Crippen LogP contribution in [-0.2, 0) is 14.9 Å². The number of rotatable bonds is 2. The molecule has 14 heavy (non-hydrogen) atoms. The van der Waals surface area contributed by atoms with Gasteiger partial charge in [-0.15, -0.1) is 0 Å². The molecule has 0 aromatic rings. The summed E-state index contributed by atoms with van der Waals surface area (Å²) < 4.78 is 29.7. The zero-order valence-electron chi connectivity index (χ0n) is 6.71. The van der Waals surface area contributed by atoms with Crippen molar-refractivity contribution in [2.75, 3.05) is 0 Å². The van der Waals surface area contributed by atoms with Crippen LogP contribution in [0.25, 0.3) is 0 Å². The molecule has 0 saturated heterocycles. The smallest absolute Gasteiger partial charge is 0.287 e. The fraction of sp³-hybridized carbons (Fsp3) is 0.167. The van der Waals surface area contributed by atoms with Crippen molar-refractivity contribution in [1.82, 2.24) is 0 Å².